The Morgan fingerprint density at radius 1 is 1.37 bits per heavy atom. The zero-order valence-electron chi connectivity index (χ0n) is 12.1. The lowest BCUT2D eigenvalue weighted by molar-refractivity contribution is -0.131. The van der Waals surface area contributed by atoms with Crippen LogP contribution in [-0.4, -0.2) is 36.0 Å². The molecule has 2 rings (SSSR count). The zero-order chi connectivity index (χ0) is 13.8. The van der Waals surface area contributed by atoms with E-state index >= 15 is 0 Å². The van der Waals surface area contributed by atoms with Crippen LogP contribution < -0.4 is 5.32 Å². The molecule has 4 unspecified atom stereocenters. The fourth-order valence-electron chi connectivity index (χ4n) is 3.67. The Morgan fingerprint density at radius 2 is 2.16 bits per heavy atom. The van der Waals surface area contributed by atoms with E-state index in [9.17, 15) is 10.1 Å². The van der Waals surface area contributed by atoms with Crippen molar-refractivity contribution >= 4 is 5.91 Å². The molecule has 4 nitrogen and oxygen atoms in total. The van der Waals surface area contributed by atoms with Crippen molar-refractivity contribution in [2.24, 2.45) is 11.8 Å². The van der Waals surface area contributed by atoms with Crippen molar-refractivity contribution in [1.29, 1.82) is 5.26 Å². The number of hydrogen-bond donors (Lipinski definition) is 1. The van der Waals surface area contributed by atoms with E-state index < -0.39 is 0 Å². The highest BCUT2D eigenvalue weighted by Gasteiger charge is 2.39. The Hall–Kier alpha value is -1.08. The van der Waals surface area contributed by atoms with Gasteiger partial charge in [0, 0.05) is 19.1 Å². The highest BCUT2D eigenvalue weighted by molar-refractivity contribution is 5.82. The summed E-state index contributed by atoms with van der Waals surface area (Å²) in [6.45, 7) is 5.91. The standard InChI is InChI=1S/C15H25N3O/c1-3-11-5-6-12(10-16)14(9-11)18-8-7-17-15(19)13(18)4-2/h11-14H,3-9H2,1-2H3,(H,17,19). The Balaban J connectivity index is 2.15. The molecule has 0 radical (unpaired) electrons. The SMILES string of the molecule is CCC1CCC(C#N)C(N2CCNC(=O)C2CC)C1. The highest BCUT2D eigenvalue weighted by Crippen LogP contribution is 2.35. The van der Waals surface area contributed by atoms with Gasteiger partial charge in [-0.1, -0.05) is 20.3 Å². The van der Waals surface area contributed by atoms with Gasteiger partial charge in [-0.15, -0.1) is 0 Å². The van der Waals surface area contributed by atoms with Crippen molar-refractivity contribution in [2.45, 2.75) is 58.0 Å². The van der Waals surface area contributed by atoms with Crippen LogP contribution in [0.4, 0.5) is 0 Å². The summed E-state index contributed by atoms with van der Waals surface area (Å²) in [7, 11) is 0. The van der Waals surface area contributed by atoms with Crippen molar-refractivity contribution in [3.8, 4) is 6.07 Å². The summed E-state index contributed by atoms with van der Waals surface area (Å²) in [6.07, 6.45) is 5.26. The third-order valence-corrected chi connectivity index (χ3v) is 4.85. The number of nitriles is 1. The first-order valence-corrected chi connectivity index (χ1v) is 7.64. The van der Waals surface area contributed by atoms with Crippen LogP contribution in [0.2, 0.25) is 0 Å². The summed E-state index contributed by atoms with van der Waals surface area (Å²) in [5.74, 6) is 0.962. The lowest BCUT2D eigenvalue weighted by Crippen LogP contribution is -2.60. The normalized spacial score (nSPS) is 36.6. The molecule has 2 fully saturated rings. The first kappa shape index (κ1) is 14.3. The van der Waals surface area contributed by atoms with Gasteiger partial charge >= 0.3 is 0 Å². The molecule has 19 heavy (non-hydrogen) atoms. The number of carbonyl (C=O) groups is 1. The van der Waals surface area contributed by atoms with E-state index in [-0.39, 0.29) is 23.9 Å². The monoisotopic (exact) mass is 263 g/mol. The predicted octanol–water partition coefficient (Wildman–Crippen LogP) is 1.92. The van der Waals surface area contributed by atoms with Crippen LogP contribution in [0.15, 0.2) is 0 Å². The van der Waals surface area contributed by atoms with Crippen LogP contribution >= 0.6 is 0 Å². The molecule has 106 valence electrons. The minimum absolute atomic E-state index is 0.0368. The third kappa shape index (κ3) is 2.92. The molecule has 4 heteroatoms. The number of rotatable bonds is 3. The van der Waals surface area contributed by atoms with Crippen molar-refractivity contribution in [1.82, 2.24) is 10.2 Å². The zero-order valence-corrected chi connectivity index (χ0v) is 12.1. The van der Waals surface area contributed by atoms with Gasteiger partial charge in [-0.3, -0.25) is 9.69 Å². The van der Waals surface area contributed by atoms with Gasteiger partial charge in [0.05, 0.1) is 18.0 Å². The minimum Gasteiger partial charge on any atom is -0.353 e. The van der Waals surface area contributed by atoms with Gasteiger partial charge in [-0.05, 0) is 31.6 Å². The molecule has 1 aliphatic carbocycles. The van der Waals surface area contributed by atoms with Crippen molar-refractivity contribution in [2.75, 3.05) is 13.1 Å². The summed E-state index contributed by atoms with van der Waals surface area (Å²) < 4.78 is 0. The largest absolute Gasteiger partial charge is 0.353 e. The van der Waals surface area contributed by atoms with Gasteiger partial charge < -0.3 is 5.32 Å². The summed E-state index contributed by atoms with van der Waals surface area (Å²) in [4.78, 5) is 14.3. The molecule has 0 aromatic rings. The molecule has 1 saturated carbocycles. The summed E-state index contributed by atoms with van der Waals surface area (Å²) >= 11 is 0. The first-order valence-electron chi connectivity index (χ1n) is 7.64. The average molecular weight is 263 g/mol. The second kappa shape index (κ2) is 6.38. The molecule has 1 aliphatic heterocycles. The van der Waals surface area contributed by atoms with Crippen molar-refractivity contribution in [3.05, 3.63) is 0 Å². The topological polar surface area (TPSA) is 56.1 Å². The van der Waals surface area contributed by atoms with Gasteiger partial charge in [0.2, 0.25) is 5.91 Å². The van der Waals surface area contributed by atoms with Crippen molar-refractivity contribution in [3.63, 3.8) is 0 Å². The van der Waals surface area contributed by atoms with E-state index in [1.54, 1.807) is 0 Å². The Labute approximate surface area is 116 Å². The van der Waals surface area contributed by atoms with Crippen LogP contribution in [0.3, 0.4) is 0 Å². The second-order valence-corrected chi connectivity index (χ2v) is 5.84. The Bertz CT molecular complexity index is 363. The maximum Gasteiger partial charge on any atom is 0.237 e. The van der Waals surface area contributed by atoms with E-state index in [2.05, 4.69) is 30.1 Å². The fraction of sp³-hybridized carbons (Fsp3) is 0.867. The molecular formula is C15H25N3O. The molecule has 0 spiro atoms. The predicted molar refractivity (Wildman–Crippen MR) is 74.3 cm³/mol. The Kier molecular flexibility index (Phi) is 4.81. The van der Waals surface area contributed by atoms with E-state index in [4.69, 9.17) is 0 Å². The van der Waals surface area contributed by atoms with Gasteiger partial charge in [-0.25, -0.2) is 0 Å². The molecule has 0 aromatic carbocycles. The number of piperazine rings is 1. The molecule has 0 bridgehead atoms. The lowest BCUT2D eigenvalue weighted by atomic mass is 9.76. The van der Waals surface area contributed by atoms with Crippen LogP contribution in [-0.2, 0) is 4.79 Å². The van der Waals surface area contributed by atoms with Gasteiger partial charge in [-0.2, -0.15) is 5.26 Å². The molecule has 4 atom stereocenters. The second-order valence-electron chi connectivity index (χ2n) is 5.84. The van der Waals surface area contributed by atoms with E-state index in [1.165, 1.54) is 12.8 Å². The van der Waals surface area contributed by atoms with E-state index in [0.29, 0.717) is 0 Å². The van der Waals surface area contributed by atoms with Gasteiger partial charge in [0.15, 0.2) is 0 Å². The molecule has 1 heterocycles. The summed E-state index contributed by atoms with van der Waals surface area (Å²) in [5, 5.41) is 12.3. The molecular weight excluding hydrogens is 238 g/mol. The van der Waals surface area contributed by atoms with E-state index in [0.717, 1.165) is 38.3 Å². The number of hydrogen-bond acceptors (Lipinski definition) is 3. The van der Waals surface area contributed by atoms with Crippen LogP contribution in [0.1, 0.15) is 46.0 Å². The van der Waals surface area contributed by atoms with Gasteiger partial charge in [0.25, 0.3) is 0 Å². The molecule has 2 aliphatic rings. The molecule has 1 saturated heterocycles. The summed E-state index contributed by atoms with van der Waals surface area (Å²) in [6, 6.07) is 2.72. The Morgan fingerprint density at radius 3 is 2.79 bits per heavy atom. The summed E-state index contributed by atoms with van der Waals surface area (Å²) in [5.41, 5.74) is 0. The maximum absolute atomic E-state index is 12.0. The molecule has 1 amide bonds. The smallest absolute Gasteiger partial charge is 0.237 e. The number of carbonyl (C=O) groups excluding carboxylic acids is 1. The number of nitrogens with one attached hydrogen (secondary N) is 1. The van der Waals surface area contributed by atoms with Crippen molar-refractivity contribution < 1.29 is 4.79 Å². The molecule has 1 N–H and O–H groups in total. The van der Waals surface area contributed by atoms with Gasteiger partial charge in [0.1, 0.15) is 0 Å². The third-order valence-electron chi connectivity index (χ3n) is 4.85. The maximum atomic E-state index is 12.0. The average Bonchev–Trinajstić information content (AvgIpc) is 2.46. The van der Waals surface area contributed by atoms with Crippen LogP contribution in [0, 0.1) is 23.2 Å². The number of nitrogens with zero attached hydrogens (tertiary/aromatic N) is 2. The van der Waals surface area contributed by atoms with Crippen LogP contribution in [0.25, 0.3) is 0 Å². The number of amides is 1. The van der Waals surface area contributed by atoms with Crippen LogP contribution in [0.5, 0.6) is 0 Å². The first-order chi connectivity index (χ1) is 9.21. The minimum atomic E-state index is -0.0368. The van der Waals surface area contributed by atoms with E-state index in [1.807, 2.05) is 0 Å². The molecule has 0 aromatic heterocycles. The quantitative estimate of drug-likeness (QED) is 0.846. The lowest BCUT2D eigenvalue weighted by Gasteiger charge is -2.45. The highest BCUT2D eigenvalue weighted by atomic mass is 16.2. The fourth-order valence-corrected chi connectivity index (χ4v) is 3.67.